The topological polar surface area (TPSA) is 46.5 Å². The molecule has 0 aliphatic rings. The van der Waals surface area contributed by atoms with Crippen LogP contribution in [0.25, 0.3) is 0 Å². The van der Waals surface area contributed by atoms with E-state index < -0.39 is 62.1 Å². The highest BCUT2D eigenvalue weighted by Gasteiger charge is 2.74. The summed E-state index contributed by atoms with van der Waals surface area (Å²) < 4.78 is 106. The van der Waals surface area contributed by atoms with Gasteiger partial charge in [0.05, 0.1) is 6.10 Å². The van der Waals surface area contributed by atoms with Crippen LogP contribution in [0.4, 0.5) is 35.1 Å². The Morgan fingerprint density at radius 3 is 2.08 bits per heavy atom. The standard InChI is InChI=1S/C13H16F8O3/c1-7(2)9(23)24-6-8(22)4-3-5-11(16,17)13(20,21)12(18,19)10(14)15/h8,10,22H,1,3-6H2,2H3. The first kappa shape index (κ1) is 22.6. The lowest BCUT2D eigenvalue weighted by Gasteiger charge is -2.32. The lowest BCUT2D eigenvalue weighted by molar-refractivity contribution is -0.339. The van der Waals surface area contributed by atoms with Crippen LogP contribution in [-0.2, 0) is 9.53 Å². The van der Waals surface area contributed by atoms with Gasteiger partial charge in [-0.2, -0.15) is 26.3 Å². The summed E-state index contributed by atoms with van der Waals surface area (Å²) in [4.78, 5) is 11.0. The molecule has 142 valence electrons. The SMILES string of the molecule is C=C(C)C(=O)OCC(O)CCCC(F)(F)C(F)(F)C(F)(F)C(F)F. The van der Waals surface area contributed by atoms with E-state index in [1.54, 1.807) is 0 Å². The molecule has 0 rings (SSSR count). The lowest BCUT2D eigenvalue weighted by atomic mass is 9.98. The van der Waals surface area contributed by atoms with Crippen molar-refractivity contribution >= 4 is 5.97 Å². The number of aliphatic hydroxyl groups is 1. The van der Waals surface area contributed by atoms with Crippen molar-refractivity contribution in [1.82, 2.24) is 0 Å². The molecule has 3 nitrogen and oxygen atoms in total. The van der Waals surface area contributed by atoms with Gasteiger partial charge in [-0.25, -0.2) is 13.6 Å². The summed E-state index contributed by atoms with van der Waals surface area (Å²) in [5.74, 6) is -18.8. The number of hydrogen-bond acceptors (Lipinski definition) is 3. The average Bonchev–Trinajstić information content (AvgIpc) is 2.43. The third kappa shape index (κ3) is 5.32. The molecule has 1 unspecified atom stereocenters. The van der Waals surface area contributed by atoms with Gasteiger partial charge in [0.15, 0.2) is 0 Å². The largest absolute Gasteiger partial charge is 0.460 e. The zero-order valence-corrected chi connectivity index (χ0v) is 12.5. The Morgan fingerprint density at radius 1 is 1.17 bits per heavy atom. The fourth-order valence-electron chi connectivity index (χ4n) is 1.48. The number of aliphatic hydroxyl groups excluding tert-OH is 1. The van der Waals surface area contributed by atoms with Crippen molar-refractivity contribution in [2.24, 2.45) is 0 Å². The van der Waals surface area contributed by atoms with Crippen molar-refractivity contribution < 1.29 is 49.8 Å². The van der Waals surface area contributed by atoms with E-state index in [2.05, 4.69) is 11.3 Å². The molecule has 0 aliphatic heterocycles. The fourth-order valence-corrected chi connectivity index (χ4v) is 1.48. The molecule has 0 aromatic rings. The van der Waals surface area contributed by atoms with E-state index in [4.69, 9.17) is 0 Å². The Bertz CT molecular complexity index is 450. The minimum atomic E-state index is -6.26. The number of rotatable bonds is 10. The Kier molecular flexibility index (Phi) is 7.66. The summed E-state index contributed by atoms with van der Waals surface area (Å²) in [7, 11) is 0. The molecule has 0 aromatic carbocycles. The molecule has 24 heavy (non-hydrogen) atoms. The number of ether oxygens (including phenoxy) is 1. The van der Waals surface area contributed by atoms with Crippen molar-refractivity contribution in [3.8, 4) is 0 Å². The maximum absolute atomic E-state index is 13.2. The predicted octanol–water partition coefficient (Wildman–Crippen LogP) is 3.81. The molecule has 0 aromatic heterocycles. The fraction of sp³-hybridized carbons (Fsp3) is 0.769. The van der Waals surface area contributed by atoms with Gasteiger partial charge in [0, 0.05) is 12.0 Å². The quantitative estimate of drug-likeness (QED) is 0.360. The summed E-state index contributed by atoms with van der Waals surface area (Å²) in [6.45, 7) is 3.86. The van der Waals surface area contributed by atoms with Gasteiger partial charge in [0.1, 0.15) is 6.61 Å². The Hall–Kier alpha value is -1.39. The first-order valence-electron chi connectivity index (χ1n) is 6.59. The van der Waals surface area contributed by atoms with Gasteiger partial charge < -0.3 is 9.84 Å². The van der Waals surface area contributed by atoms with Gasteiger partial charge >= 0.3 is 30.2 Å². The highest BCUT2D eigenvalue weighted by Crippen LogP contribution is 2.50. The van der Waals surface area contributed by atoms with Gasteiger partial charge in [-0.05, 0) is 19.8 Å². The molecule has 0 aliphatic carbocycles. The maximum atomic E-state index is 13.2. The molecule has 0 heterocycles. The first-order chi connectivity index (χ1) is 10.7. The normalized spacial score (nSPS) is 14.6. The number of esters is 1. The summed E-state index contributed by atoms with van der Waals surface area (Å²) in [5, 5.41) is 9.32. The number of alkyl halides is 8. The number of halogens is 8. The van der Waals surface area contributed by atoms with E-state index in [-0.39, 0.29) is 5.57 Å². The summed E-state index contributed by atoms with van der Waals surface area (Å²) in [6.07, 6.45) is -9.85. The molecule has 0 radical (unpaired) electrons. The highest BCUT2D eigenvalue weighted by atomic mass is 19.4. The predicted molar refractivity (Wildman–Crippen MR) is 66.5 cm³/mol. The van der Waals surface area contributed by atoms with Crippen LogP contribution in [-0.4, -0.2) is 48.0 Å². The summed E-state index contributed by atoms with van der Waals surface area (Å²) in [5.41, 5.74) is -0.0115. The molecule has 0 saturated carbocycles. The zero-order valence-electron chi connectivity index (χ0n) is 12.5. The van der Waals surface area contributed by atoms with Crippen LogP contribution in [0.5, 0.6) is 0 Å². The van der Waals surface area contributed by atoms with Crippen molar-refractivity contribution in [1.29, 1.82) is 0 Å². The number of carbonyl (C=O) groups excluding carboxylic acids is 1. The second-order valence-corrected chi connectivity index (χ2v) is 5.13. The second-order valence-electron chi connectivity index (χ2n) is 5.13. The van der Waals surface area contributed by atoms with Crippen LogP contribution >= 0.6 is 0 Å². The Labute approximate surface area is 132 Å². The second kappa shape index (κ2) is 8.13. The van der Waals surface area contributed by atoms with Crippen LogP contribution in [0.15, 0.2) is 12.2 Å². The van der Waals surface area contributed by atoms with Crippen molar-refractivity contribution in [3.05, 3.63) is 12.2 Å². The van der Waals surface area contributed by atoms with Gasteiger partial charge in [-0.1, -0.05) is 6.58 Å². The van der Waals surface area contributed by atoms with E-state index in [0.29, 0.717) is 0 Å². The molecule has 0 amide bonds. The smallest absolute Gasteiger partial charge is 0.377 e. The highest BCUT2D eigenvalue weighted by molar-refractivity contribution is 5.86. The van der Waals surface area contributed by atoms with E-state index >= 15 is 0 Å². The third-order valence-corrected chi connectivity index (χ3v) is 2.94. The van der Waals surface area contributed by atoms with Crippen LogP contribution < -0.4 is 0 Å². The molecule has 0 spiro atoms. The Morgan fingerprint density at radius 2 is 1.67 bits per heavy atom. The monoisotopic (exact) mass is 372 g/mol. The molecular weight excluding hydrogens is 356 g/mol. The minimum Gasteiger partial charge on any atom is -0.460 e. The van der Waals surface area contributed by atoms with Crippen LogP contribution in [0.3, 0.4) is 0 Å². The first-order valence-corrected chi connectivity index (χ1v) is 6.59. The van der Waals surface area contributed by atoms with Crippen molar-refractivity contribution in [2.45, 2.75) is 56.5 Å². The van der Waals surface area contributed by atoms with Crippen molar-refractivity contribution in [2.75, 3.05) is 6.61 Å². The summed E-state index contributed by atoms with van der Waals surface area (Å²) in [6, 6.07) is 0. The lowest BCUT2D eigenvalue weighted by Crippen LogP contribution is -2.57. The molecule has 1 atom stereocenters. The number of carbonyl (C=O) groups is 1. The third-order valence-electron chi connectivity index (χ3n) is 2.94. The van der Waals surface area contributed by atoms with Crippen molar-refractivity contribution in [3.63, 3.8) is 0 Å². The molecular formula is C13H16F8O3. The van der Waals surface area contributed by atoms with Gasteiger partial charge in [0.25, 0.3) is 0 Å². The van der Waals surface area contributed by atoms with Crippen LogP contribution in [0, 0.1) is 0 Å². The maximum Gasteiger partial charge on any atom is 0.377 e. The van der Waals surface area contributed by atoms with Gasteiger partial charge in [-0.15, -0.1) is 0 Å². The van der Waals surface area contributed by atoms with Gasteiger partial charge in [-0.3, -0.25) is 0 Å². The van der Waals surface area contributed by atoms with E-state index in [1.165, 1.54) is 6.92 Å². The van der Waals surface area contributed by atoms with E-state index in [1.807, 2.05) is 0 Å². The molecule has 11 heteroatoms. The van der Waals surface area contributed by atoms with Crippen LogP contribution in [0.2, 0.25) is 0 Å². The molecule has 0 fully saturated rings. The minimum absolute atomic E-state index is 0.0115. The molecule has 0 saturated heterocycles. The molecule has 1 N–H and O–H groups in total. The van der Waals surface area contributed by atoms with E-state index in [9.17, 15) is 45.0 Å². The van der Waals surface area contributed by atoms with Crippen LogP contribution in [0.1, 0.15) is 26.2 Å². The average molecular weight is 372 g/mol. The van der Waals surface area contributed by atoms with E-state index in [0.717, 1.165) is 0 Å². The molecule has 0 bridgehead atoms. The van der Waals surface area contributed by atoms with Gasteiger partial charge in [0.2, 0.25) is 0 Å². The Balaban J connectivity index is 4.58. The summed E-state index contributed by atoms with van der Waals surface area (Å²) >= 11 is 0. The number of hydrogen-bond donors (Lipinski definition) is 1. The zero-order chi connectivity index (χ0) is 19.3.